The van der Waals surface area contributed by atoms with E-state index in [4.69, 9.17) is 9.47 Å². The number of hydrogen-bond acceptors (Lipinski definition) is 8. The molecule has 0 bridgehead atoms. The fourth-order valence-corrected chi connectivity index (χ4v) is 5.35. The van der Waals surface area contributed by atoms with Crippen LogP contribution in [-0.2, 0) is 35.8 Å². The number of carbonyl (C=O) groups is 4. The molecule has 2 atom stereocenters. The van der Waals surface area contributed by atoms with E-state index in [-0.39, 0.29) is 44.9 Å². The molecule has 0 radical (unpaired) electrons. The number of nitrogens with zero attached hydrogens (tertiary/aromatic N) is 3. The van der Waals surface area contributed by atoms with Crippen LogP contribution in [0.5, 0.6) is 5.75 Å². The molecular weight excluding hydrogens is 484 g/mol. The Morgan fingerprint density at radius 1 is 1.20 bits per heavy atom. The van der Waals surface area contributed by atoms with Gasteiger partial charge in [0.2, 0.25) is 5.91 Å². The van der Waals surface area contributed by atoms with Crippen LogP contribution in [-0.4, -0.2) is 110 Å². The summed E-state index contributed by atoms with van der Waals surface area (Å²) >= 11 is 0. The molecule has 0 aliphatic carbocycles. The van der Waals surface area contributed by atoms with Gasteiger partial charge in [-0.25, -0.2) is 9.59 Å². The van der Waals surface area contributed by atoms with E-state index in [9.17, 15) is 32.7 Å². The molecule has 2 fully saturated rings. The van der Waals surface area contributed by atoms with Gasteiger partial charge in [-0.15, -0.1) is 0 Å². The number of nitrogens with one attached hydrogen (secondary N) is 1. The third-order valence-corrected chi connectivity index (χ3v) is 7.54. The first-order valence-electron chi connectivity index (χ1n) is 10.9. The number of morpholine rings is 1. The van der Waals surface area contributed by atoms with Crippen LogP contribution in [0, 0.1) is 0 Å². The van der Waals surface area contributed by atoms with Gasteiger partial charge in [-0.1, -0.05) is 12.1 Å². The highest BCUT2D eigenvalue weighted by molar-refractivity contribution is 7.86. The van der Waals surface area contributed by atoms with Crippen molar-refractivity contribution in [1.29, 1.82) is 0 Å². The topological polar surface area (TPSA) is 163 Å². The van der Waals surface area contributed by atoms with E-state index in [2.05, 4.69) is 5.32 Å². The number of carboxylic acid groups (broad SMARTS) is 1. The SMILES string of the molecule is CN(C)C(=O)Oc1ccc(C[C@H](NC(=O)[C@@H]2CC(=O)CN2S(=O)(=O)N2CCOCC2)C(=O)O)cc1. The van der Waals surface area contributed by atoms with E-state index in [1.807, 2.05) is 0 Å². The van der Waals surface area contributed by atoms with E-state index < -0.39 is 52.6 Å². The molecule has 3 rings (SSSR count). The summed E-state index contributed by atoms with van der Waals surface area (Å²) in [5, 5.41) is 12.0. The zero-order valence-corrected chi connectivity index (χ0v) is 20.2. The second-order valence-corrected chi connectivity index (χ2v) is 10.2. The molecule has 14 heteroatoms. The van der Waals surface area contributed by atoms with E-state index in [0.717, 1.165) is 8.61 Å². The minimum atomic E-state index is -4.11. The van der Waals surface area contributed by atoms with E-state index in [0.29, 0.717) is 5.56 Å². The van der Waals surface area contributed by atoms with Crippen molar-refractivity contribution in [3.63, 3.8) is 0 Å². The lowest BCUT2D eigenvalue weighted by molar-refractivity contribution is -0.142. The standard InChI is InChI=1S/C21H28N4O9S/c1-23(2)21(30)34-16-5-3-14(4-6-16)11-17(20(28)29)22-19(27)18-12-15(26)13-25(18)35(31,32)24-7-9-33-10-8-24/h3-6,17-18H,7-13H2,1-2H3,(H,22,27)(H,28,29)/t17-,18-/m0/s1. The summed E-state index contributed by atoms with van der Waals surface area (Å²) in [5.74, 6) is -2.36. The first-order valence-corrected chi connectivity index (χ1v) is 12.3. The van der Waals surface area contributed by atoms with Crippen molar-refractivity contribution in [3.8, 4) is 5.75 Å². The molecule has 2 saturated heterocycles. The Morgan fingerprint density at radius 2 is 1.83 bits per heavy atom. The molecule has 13 nitrogen and oxygen atoms in total. The monoisotopic (exact) mass is 512 g/mol. The van der Waals surface area contributed by atoms with Gasteiger partial charge < -0.3 is 24.8 Å². The predicted molar refractivity (Wildman–Crippen MR) is 121 cm³/mol. The molecule has 0 unspecified atom stereocenters. The molecule has 1 aromatic carbocycles. The van der Waals surface area contributed by atoms with Crippen molar-refractivity contribution >= 4 is 34.0 Å². The summed E-state index contributed by atoms with van der Waals surface area (Å²) in [6.45, 7) is 0.138. The predicted octanol–water partition coefficient (Wildman–Crippen LogP) is -0.921. The first-order chi connectivity index (χ1) is 16.5. The molecule has 35 heavy (non-hydrogen) atoms. The number of ether oxygens (including phenoxy) is 2. The van der Waals surface area contributed by atoms with Crippen molar-refractivity contribution < 1.29 is 42.2 Å². The number of aliphatic carboxylic acids is 1. The van der Waals surface area contributed by atoms with Crippen LogP contribution in [0.4, 0.5) is 4.79 Å². The van der Waals surface area contributed by atoms with Crippen molar-refractivity contribution in [1.82, 2.24) is 18.8 Å². The lowest BCUT2D eigenvalue weighted by Crippen LogP contribution is -2.55. The summed E-state index contributed by atoms with van der Waals surface area (Å²) in [5.41, 5.74) is 0.530. The molecule has 192 valence electrons. The van der Waals surface area contributed by atoms with Gasteiger partial charge in [-0.2, -0.15) is 17.0 Å². The number of amides is 2. The minimum absolute atomic E-state index is 0.0962. The molecule has 2 N–H and O–H groups in total. The van der Waals surface area contributed by atoms with Crippen LogP contribution >= 0.6 is 0 Å². The summed E-state index contributed by atoms with van der Waals surface area (Å²) < 4.78 is 38.3. The number of carbonyl (C=O) groups excluding carboxylic acids is 3. The summed E-state index contributed by atoms with van der Waals surface area (Å²) in [4.78, 5) is 49.7. The first kappa shape index (κ1) is 26.5. The van der Waals surface area contributed by atoms with Crippen LogP contribution < -0.4 is 10.1 Å². The molecule has 2 aliphatic rings. The van der Waals surface area contributed by atoms with Gasteiger partial charge in [0.1, 0.15) is 23.6 Å². The number of rotatable bonds is 8. The van der Waals surface area contributed by atoms with Gasteiger partial charge in [-0.05, 0) is 17.7 Å². The molecule has 2 heterocycles. The van der Waals surface area contributed by atoms with Crippen molar-refractivity contribution in [3.05, 3.63) is 29.8 Å². The van der Waals surface area contributed by atoms with Gasteiger partial charge in [0.05, 0.1) is 19.8 Å². The van der Waals surface area contributed by atoms with Crippen LogP contribution in [0.1, 0.15) is 12.0 Å². The van der Waals surface area contributed by atoms with Crippen molar-refractivity contribution in [2.24, 2.45) is 0 Å². The Hall–Kier alpha value is -3.07. The number of ketones is 1. The number of benzene rings is 1. The largest absolute Gasteiger partial charge is 0.480 e. The zero-order valence-electron chi connectivity index (χ0n) is 19.4. The highest BCUT2D eigenvalue weighted by atomic mass is 32.2. The third kappa shape index (κ3) is 6.54. The van der Waals surface area contributed by atoms with E-state index >= 15 is 0 Å². The molecule has 2 amide bonds. The van der Waals surface area contributed by atoms with E-state index in [1.165, 1.54) is 31.1 Å². The molecule has 0 spiro atoms. The highest BCUT2D eigenvalue weighted by Gasteiger charge is 2.46. The van der Waals surface area contributed by atoms with Gasteiger partial charge in [0, 0.05) is 40.0 Å². The molecular formula is C21H28N4O9S. The molecule has 0 saturated carbocycles. The van der Waals surface area contributed by atoms with Gasteiger partial charge >= 0.3 is 12.1 Å². The van der Waals surface area contributed by atoms with Gasteiger partial charge in [0.15, 0.2) is 0 Å². The maximum atomic E-state index is 13.0. The maximum absolute atomic E-state index is 13.0. The Labute approximate surface area is 202 Å². The van der Waals surface area contributed by atoms with Gasteiger partial charge in [0.25, 0.3) is 10.2 Å². The Morgan fingerprint density at radius 3 is 2.40 bits per heavy atom. The molecule has 0 aromatic heterocycles. The Balaban J connectivity index is 1.69. The lowest BCUT2D eigenvalue weighted by atomic mass is 10.1. The fourth-order valence-electron chi connectivity index (χ4n) is 3.65. The van der Waals surface area contributed by atoms with Crippen LogP contribution in [0.15, 0.2) is 24.3 Å². The van der Waals surface area contributed by atoms with Crippen LogP contribution in [0.3, 0.4) is 0 Å². The second kappa shape index (κ2) is 11.1. The van der Waals surface area contributed by atoms with Crippen molar-refractivity contribution in [2.75, 3.05) is 46.9 Å². The summed E-state index contributed by atoms with van der Waals surface area (Å²) in [7, 11) is -1.05. The lowest BCUT2D eigenvalue weighted by Gasteiger charge is -2.32. The summed E-state index contributed by atoms with van der Waals surface area (Å²) in [6.07, 6.45) is -1.02. The maximum Gasteiger partial charge on any atom is 0.414 e. The summed E-state index contributed by atoms with van der Waals surface area (Å²) in [6, 6.07) is 3.36. The number of hydrogen-bond donors (Lipinski definition) is 2. The number of Topliss-reactive ketones (excluding diaryl/α,β-unsaturated/α-hetero) is 1. The van der Waals surface area contributed by atoms with Crippen molar-refractivity contribution in [2.45, 2.75) is 24.9 Å². The smallest absolute Gasteiger partial charge is 0.414 e. The number of carboxylic acids is 1. The Kier molecular flexibility index (Phi) is 8.43. The minimum Gasteiger partial charge on any atom is -0.480 e. The zero-order chi connectivity index (χ0) is 25.8. The molecule has 1 aromatic rings. The average molecular weight is 513 g/mol. The fraction of sp³-hybridized carbons (Fsp3) is 0.524. The normalized spacial score (nSPS) is 20.3. The third-order valence-electron chi connectivity index (χ3n) is 5.54. The van der Waals surface area contributed by atoms with Crippen LogP contribution in [0.25, 0.3) is 0 Å². The molecule has 2 aliphatic heterocycles. The van der Waals surface area contributed by atoms with Gasteiger partial charge in [-0.3, -0.25) is 9.59 Å². The second-order valence-electron chi connectivity index (χ2n) is 8.33. The van der Waals surface area contributed by atoms with Crippen LogP contribution in [0.2, 0.25) is 0 Å². The average Bonchev–Trinajstić information content (AvgIpc) is 3.23. The Bertz CT molecular complexity index is 1070. The van der Waals surface area contributed by atoms with E-state index in [1.54, 1.807) is 12.1 Å². The quantitative estimate of drug-likeness (QED) is 0.448. The highest BCUT2D eigenvalue weighted by Crippen LogP contribution is 2.23.